The molecule has 6 rings (SSSR count). The maximum absolute atomic E-state index is 12.9. The summed E-state index contributed by atoms with van der Waals surface area (Å²) in [7, 11) is 0. The second-order valence-electron chi connectivity index (χ2n) is 10.5. The third-order valence-corrected chi connectivity index (χ3v) is 9.07. The number of Topliss-reactive ketones (excluding diaryl/α,β-unsaturated/α-hetero) is 1. The minimum Gasteiger partial charge on any atom is -0.352 e. The number of hydrogen-bond acceptors (Lipinski definition) is 5. The lowest BCUT2D eigenvalue weighted by atomic mass is 9.48. The maximum atomic E-state index is 12.9. The molecule has 5 aliphatic rings. The van der Waals surface area contributed by atoms with Crippen LogP contribution in [0.15, 0.2) is 5.03 Å². The van der Waals surface area contributed by atoms with E-state index in [1.807, 2.05) is 6.92 Å². The number of nitrogens with one attached hydrogen (secondary N) is 1. The lowest BCUT2D eigenvalue weighted by Crippen LogP contribution is -2.56. The zero-order valence-electron chi connectivity index (χ0n) is 18.4. The maximum Gasteiger partial charge on any atom is 0.230 e. The molecule has 0 aliphatic heterocycles. The van der Waals surface area contributed by atoms with Crippen molar-refractivity contribution in [2.24, 2.45) is 23.2 Å². The predicted octanol–water partition coefficient (Wildman–Crippen LogP) is 4.68. The van der Waals surface area contributed by atoms with Gasteiger partial charge in [0.2, 0.25) is 5.91 Å². The van der Waals surface area contributed by atoms with Crippen molar-refractivity contribution >= 4 is 23.5 Å². The monoisotopic (exact) mass is 427 g/mol. The van der Waals surface area contributed by atoms with Gasteiger partial charge in [0.15, 0.2) is 5.78 Å². The van der Waals surface area contributed by atoms with Gasteiger partial charge in [0.05, 0.1) is 17.0 Å². The Kier molecular flexibility index (Phi) is 5.19. The summed E-state index contributed by atoms with van der Waals surface area (Å²) < 4.78 is 0. The van der Waals surface area contributed by atoms with E-state index in [1.54, 1.807) is 6.92 Å². The first-order chi connectivity index (χ1) is 14.3. The molecular formula is C24H33N3O2S. The first-order valence-electron chi connectivity index (χ1n) is 11.6. The van der Waals surface area contributed by atoms with Crippen molar-refractivity contribution in [2.45, 2.75) is 89.1 Å². The number of nitrogens with zero attached hydrogens (tertiary/aromatic N) is 2. The Bertz CT molecular complexity index is 844. The number of carbonyl (C=O) groups is 2. The van der Waals surface area contributed by atoms with E-state index in [1.165, 1.54) is 50.3 Å². The molecule has 4 bridgehead atoms. The molecule has 5 saturated carbocycles. The van der Waals surface area contributed by atoms with Crippen LogP contribution in [0.1, 0.15) is 93.0 Å². The fourth-order valence-corrected chi connectivity index (χ4v) is 7.82. The van der Waals surface area contributed by atoms with E-state index in [0.717, 1.165) is 42.1 Å². The molecule has 5 nitrogen and oxygen atoms in total. The van der Waals surface area contributed by atoms with Crippen molar-refractivity contribution in [3.05, 3.63) is 17.1 Å². The molecule has 0 radical (unpaired) electrons. The molecule has 5 aliphatic carbocycles. The van der Waals surface area contributed by atoms with Crippen LogP contribution in [0.5, 0.6) is 0 Å². The Morgan fingerprint density at radius 3 is 2.23 bits per heavy atom. The lowest BCUT2D eigenvalue weighted by Gasteiger charge is -2.59. The van der Waals surface area contributed by atoms with Crippen LogP contribution in [0.3, 0.4) is 0 Å². The minimum absolute atomic E-state index is 0.0281. The van der Waals surface area contributed by atoms with E-state index in [2.05, 4.69) is 22.2 Å². The van der Waals surface area contributed by atoms with Crippen LogP contribution in [0.4, 0.5) is 0 Å². The zero-order valence-corrected chi connectivity index (χ0v) is 19.2. The SMILES string of the molecule is CC(=O)c1c(C)nc(C2CC2)nc1SCC(=O)N[C@@H](C)C12CC3CC(CC(C3)C1)C2. The van der Waals surface area contributed by atoms with E-state index >= 15 is 0 Å². The van der Waals surface area contributed by atoms with Crippen molar-refractivity contribution in [1.29, 1.82) is 0 Å². The summed E-state index contributed by atoms with van der Waals surface area (Å²) >= 11 is 1.39. The molecule has 1 heterocycles. The van der Waals surface area contributed by atoms with Gasteiger partial charge < -0.3 is 5.32 Å². The topological polar surface area (TPSA) is 72.0 Å². The Labute approximate surface area is 183 Å². The van der Waals surface area contributed by atoms with Gasteiger partial charge in [-0.3, -0.25) is 9.59 Å². The lowest BCUT2D eigenvalue weighted by molar-refractivity contribution is -0.123. The van der Waals surface area contributed by atoms with Crippen molar-refractivity contribution in [2.75, 3.05) is 5.75 Å². The van der Waals surface area contributed by atoms with Crippen LogP contribution in [0.2, 0.25) is 0 Å². The quantitative estimate of drug-likeness (QED) is 0.389. The van der Waals surface area contributed by atoms with Gasteiger partial charge in [-0.2, -0.15) is 0 Å². The van der Waals surface area contributed by atoms with E-state index in [0.29, 0.717) is 27.7 Å². The van der Waals surface area contributed by atoms with Crippen molar-refractivity contribution in [1.82, 2.24) is 15.3 Å². The van der Waals surface area contributed by atoms with Gasteiger partial charge in [0, 0.05) is 12.0 Å². The number of aromatic nitrogens is 2. The third-order valence-electron chi connectivity index (χ3n) is 8.09. The van der Waals surface area contributed by atoms with Crippen LogP contribution in [0, 0.1) is 30.1 Å². The van der Waals surface area contributed by atoms with Crippen LogP contribution < -0.4 is 5.32 Å². The van der Waals surface area contributed by atoms with Crippen LogP contribution >= 0.6 is 11.8 Å². The van der Waals surface area contributed by atoms with Crippen LogP contribution in [-0.2, 0) is 4.79 Å². The molecule has 1 aromatic rings. The molecule has 5 fully saturated rings. The third kappa shape index (κ3) is 3.80. The molecule has 0 unspecified atom stereocenters. The van der Waals surface area contributed by atoms with Gasteiger partial charge in [0.25, 0.3) is 0 Å². The molecule has 1 N–H and O–H groups in total. The smallest absolute Gasteiger partial charge is 0.230 e. The highest BCUT2D eigenvalue weighted by Crippen LogP contribution is 2.61. The highest BCUT2D eigenvalue weighted by molar-refractivity contribution is 8.00. The molecule has 1 atom stereocenters. The highest BCUT2D eigenvalue weighted by Gasteiger charge is 2.53. The average molecular weight is 428 g/mol. The zero-order chi connectivity index (χ0) is 21.0. The van der Waals surface area contributed by atoms with Crippen molar-refractivity contribution in [3.63, 3.8) is 0 Å². The Morgan fingerprint density at radius 2 is 1.70 bits per heavy atom. The van der Waals surface area contributed by atoms with Crippen molar-refractivity contribution < 1.29 is 9.59 Å². The number of amides is 1. The minimum atomic E-state index is -0.0281. The molecule has 30 heavy (non-hydrogen) atoms. The first-order valence-corrected chi connectivity index (χ1v) is 12.6. The number of aryl methyl sites for hydroxylation is 1. The molecule has 0 aromatic carbocycles. The molecule has 1 amide bonds. The number of rotatable bonds is 7. The number of carbonyl (C=O) groups excluding carboxylic acids is 2. The van der Waals surface area contributed by atoms with Gasteiger partial charge >= 0.3 is 0 Å². The second-order valence-corrected chi connectivity index (χ2v) is 11.5. The normalized spacial score (nSPS) is 32.8. The van der Waals surface area contributed by atoms with E-state index in [4.69, 9.17) is 0 Å². The number of ketones is 1. The predicted molar refractivity (Wildman–Crippen MR) is 118 cm³/mol. The van der Waals surface area contributed by atoms with Crippen LogP contribution in [-0.4, -0.2) is 33.5 Å². The Balaban J connectivity index is 1.25. The van der Waals surface area contributed by atoms with Gasteiger partial charge in [-0.15, -0.1) is 0 Å². The summed E-state index contributed by atoms with van der Waals surface area (Å²) in [4.78, 5) is 34.3. The summed E-state index contributed by atoms with van der Waals surface area (Å²) in [5.74, 6) is 4.24. The molecule has 0 saturated heterocycles. The largest absolute Gasteiger partial charge is 0.352 e. The standard InChI is InChI=1S/C24H33N3O2S/c1-13-21(14(2)28)23(27-22(25-13)19-4-5-19)30-12-20(29)26-15(3)24-9-16-6-17(10-24)8-18(7-16)11-24/h15-19H,4-12H2,1-3H3,(H,26,29)/t15-,16?,17?,18?,24?/m0/s1. The summed E-state index contributed by atoms with van der Waals surface area (Å²) in [6, 6.07) is 0.223. The molecule has 6 heteroatoms. The van der Waals surface area contributed by atoms with Gasteiger partial charge in [0.1, 0.15) is 10.9 Å². The Hall–Kier alpha value is -1.43. The molecule has 162 valence electrons. The molecular weight excluding hydrogens is 394 g/mol. The first kappa shape index (κ1) is 20.5. The molecule has 1 aromatic heterocycles. The van der Waals surface area contributed by atoms with Gasteiger partial charge in [-0.25, -0.2) is 9.97 Å². The van der Waals surface area contributed by atoms with E-state index < -0.39 is 0 Å². The Morgan fingerprint density at radius 1 is 1.10 bits per heavy atom. The fraction of sp³-hybridized carbons (Fsp3) is 0.750. The second kappa shape index (κ2) is 7.61. The molecule has 0 spiro atoms. The summed E-state index contributed by atoms with van der Waals surface area (Å²) in [5, 5.41) is 4.01. The highest BCUT2D eigenvalue weighted by atomic mass is 32.2. The summed E-state index contributed by atoms with van der Waals surface area (Å²) in [6.45, 7) is 5.65. The fourth-order valence-electron chi connectivity index (χ4n) is 6.88. The average Bonchev–Trinajstić information content (AvgIpc) is 3.49. The number of hydrogen-bond donors (Lipinski definition) is 1. The number of thioether (sulfide) groups is 1. The van der Waals surface area contributed by atoms with Crippen molar-refractivity contribution in [3.8, 4) is 0 Å². The summed E-state index contributed by atoms with van der Waals surface area (Å²) in [6.07, 6.45) is 10.4. The van der Waals surface area contributed by atoms with Crippen LogP contribution in [0.25, 0.3) is 0 Å². The van der Waals surface area contributed by atoms with Gasteiger partial charge in [-0.05, 0) is 95.3 Å². The van der Waals surface area contributed by atoms with E-state index in [-0.39, 0.29) is 17.7 Å². The summed E-state index contributed by atoms with van der Waals surface area (Å²) in [5.41, 5.74) is 1.63. The van der Waals surface area contributed by atoms with E-state index in [9.17, 15) is 9.59 Å². The van der Waals surface area contributed by atoms with Gasteiger partial charge in [-0.1, -0.05) is 11.8 Å².